The first-order valence-corrected chi connectivity index (χ1v) is 8.12. The summed E-state index contributed by atoms with van der Waals surface area (Å²) in [6.07, 6.45) is 3.65. The van der Waals surface area contributed by atoms with Crippen LogP contribution in [0.25, 0.3) is 0 Å². The maximum atomic E-state index is 12.5. The number of carbonyl (C=O) groups is 1. The van der Waals surface area contributed by atoms with Crippen molar-refractivity contribution in [2.24, 2.45) is 7.05 Å². The van der Waals surface area contributed by atoms with Crippen LogP contribution in [0.5, 0.6) is 0 Å². The van der Waals surface area contributed by atoms with E-state index in [0.717, 1.165) is 11.6 Å². The molecule has 0 unspecified atom stereocenters. The molecule has 2 aromatic rings. The molecule has 0 spiro atoms. The lowest BCUT2D eigenvalue weighted by Gasteiger charge is -2.29. The van der Waals surface area contributed by atoms with Crippen LogP contribution >= 0.6 is 0 Å². The first kappa shape index (κ1) is 17.2. The predicted octanol–water partition coefficient (Wildman–Crippen LogP) is -0.0348. The van der Waals surface area contributed by atoms with E-state index in [-0.39, 0.29) is 12.5 Å². The molecule has 0 aliphatic carbocycles. The summed E-state index contributed by atoms with van der Waals surface area (Å²) in [7, 11) is 5.22. The minimum Gasteiger partial charge on any atom is -0.386 e. The largest absolute Gasteiger partial charge is 0.386 e. The van der Waals surface area contributed by atoms with E-state index in [9.17, 15) is 9.90 Å². The summed E-state index contributed by atoms with van der Waals surface area (Å²) in [4.78, 5) is 24.4. The Morgan fingerprint density at radius 3 is 2.96 bits per heavy atom. The van der Waals surface area contributed by atoms with Gasteiger partial charge in [-0.15, -0.1) is 0 Å². The number of anilines is 2. The van der Waals surface area contributed by atoms with Gasteiger partial charge in [0.25, 0.3) is 5.91 Å². The van der Waals surface area contributed by atoms with E-state index in [0.29, 0.717) is 25.2 Å². The van der Waals surface area contributed by atoms with Gasteiger partial charge in [0.15, 0.2) is 0 Å². The van der Waals surface area contributed by atoms with Crippen LogP contribution in [-0.4, -0.2) is 75.0 Å². The van der Waals surface area contributed by atoms with E-state index >= 15 is 0 Å². The number of amides is 1. The van der Waals surface area contributed by atoms with Crippen LogP contribution in [0.3, 0.4) is 0 Å². The lowest BCUT2D eigenvalue weighted by molar-refractivity contribution is 0.0259. The smallest absolute Gasteiger partial charge is 0.271 e. The summed E-state index contributed by atoms with van der Waals surface area (Å²) >= 11 is 0. The van der Waals surface area contributed by atoms with Gasteiger partial charge < -0.3 is 20.2 Å². The van der Waals surface area contributed by atoms with Crippen LogP contribution in [-0.2, 0) is 7.05 Å². The molecule has 0 aromatic carbocycles. The van der Waals surface area contributed by atoms with Crippen LogP contribution in [0.2, 0.25) is 0 Å². The summed E-state index contributed by atoms with van der Waals surface area (Å²) < 4.78 is 1.53. The molecule has 0 radical (unpaired) electrons. The molecule has 9 nitrogen and oxygen atoms in total. The molecular formula is C16H23N7O2. The molecule has 134 valence electrons. The minimum absolute atomic E-state index is 0.161. The Kier molecular flexibility index (Phi) is 4.58. The Balaban J connectivity index is 1.67. The fraction of sp³-hybridized carbons (Fsp3) is 0.500. The molecule has 2 N–H and O–H groups in total. The second kappa shape index (κ2) is 6.67. The Hall–Kier alpha value is -2.68. The number of hydrogen-bond acceptors (Lipinski definition) is 7. The molecule has 1 aliphatic heterocycles. The van der Waals surface area contributed by atoms with Gasteiger partial charge in [-0.3, -0.25) is 9.48 Å². The van der Waals surface area contributed by atoms with Crippen molar-refractivity contribution in [3.63, 3.8) is 0 Å². The summed E-state index contributed by atoms with van der Waals surface area (Å²) in [6, 6.07) is 3.51. The third-order valence-electron chi connectivity index (χ3n) is 4.48. The second-order valence-electron chi connectivity index (χ2n) is 6.41. The van der Waals surface area contributed by atoms with Crippen molar-refractivity contribution >= 4 is 17.5 Å². The fourth-order valence-electron chi connectivity index (χ4n) is 3.13. The lowest BCUT2D eigenvalue weighted by Crippen LogP contribution is -2.46. The molecule has 0 bridgehead atoms. The van der Waals surface area contributed by atoms with Crippen LogP contribution in [0.4, 0.5) is 11.6 Å². The van der Waals surface area contributed by atoms with Crippen LogP contribution in [0, 0.1) is 0 Å². The highest BCUT2D eigenvalue weighted by molar-refractivity contribution is 5.92. The molecule has 1 fully saturated rings. The van der Waals surface area contributed by atoms with E-state index in [1.807, 2.05) is 11.0 Å². The molecule has 1 atom stereocenters. The summed E-state index contributed by atoms with van der Waals surface area (Å²) in [5, 5.41) is 17.9. The summed E-state index contributed by atoms with van der Waals surface area (Å²) in [6.45, 7) is 1.33. The molecule has 3 heterocycles. The van der Waals surface area contributed by atoms with Gasteiger partial charge in [-0.25, -0.2) is 9.97 Å². The highest BCUT2D eigenvalue weighted by Crippen LogP contribution is 2.27. The van der Waals surface area contributed by atoms with Gasteiger partial charge in [-0.1, -0.05) is 0 Å². The van der Waals surface area contributed by atoms with Crippen molar-refractivity contribution in [1.82, 2.24) is 24.6 Å². The van der Waals surface area contributed by atoms with Crippen molar-refractivity contribution in [3.05, 3.63) is 30.4 Å². The van der Waals surface area contributed by atoms with Crippen molar-refractivity contribution in [2.75, 3.05) is 43.9 Å². The van der Waals surface area contributed by atoms with E-state index in [1.54, 1.807) is 38.3 Å². The van der Waals surface area contributed by atoms with Gasteiger partial charge in [0.1, 0.15) is 29.3 Å². The van der Waals surface area contributed by atoms with Gasteiger partial charge in [0, 0.05) is 46.5 Å². The Morgan fingerprint density at radius 1 is 1.48 bits per heavy atom. The predicted molar refractivity (Wildman–Crippen MR) is 93.5 cm³/mol. The SMILES string of the molecule is CNc1cc(N2CC[C@](O)(CN(C)C(=O)c3ccnn3C)C2)ncn1. The summed E-state index contributed by atoms with van der Waals surface area (Å²) in [5.41, 5.74) is -0.483. The maximum Gasteiger partial charge on any atom is 0.271 e. The number of rotatable bonds is 5. The lowest BCUT2D eigenvalue weighted by atomic mass is 10.0. The number of likely N-dealkylation sites (N-methyl/N-ethyl adjacent to an activating group) is 1. The molecule has 0 saturated carbocycles. The molecule has 1 aliphatic rings. The van der Waals surface area contributed by atoms with Crippen LogP contribution in [0.1, 0.15) is 16.9 Å². The van der Waals surface area contributed by atoms with Crippen molar-refractivity contribution in [2.45, 2.75) is 12.0 Å². The van der Waals surface area contributed by atoms with Gasteiger partial charge in [-0.05, 0) is 12.5 Å². The highest BCUT2D eigenvalue weighted by Gasteiger charge is 2.38. The number of nitrogens with one attached hydrogen (secondary N) is 1. The number of carbonyl (C=O) groups excluding carboxylic acids is 1. The minimum atomic E-state index is -0.978. The zero-order chi connectivity index (χ0) is 18.0. The molecular weight excluding hydrogens is 322 g/mol. The average Bonchev–Trinajstić information content (AvgIpc) is 3.20. The Morgan fingerprint density at radius 2 is 2.28 bits per heavy atom. The number of β-amino-alcohol motifs (C(OH)–C–C–N with tert-alkyl or cyclic N) is 1. The van der Waals surface area contributed by atoms with Crippen molar-refractivity contribution < 1.29 is 9.90 Å². The molecule has 3 rings (SSSR count). The standard InChI is InChI=1S/C16H23N7O2/c1-17-13-8-14(19-11-18-13)23-7-5-16(25,10-23)9-21(2)15(24)12-4-6-20-22(12)3/h4,6,8,11,25H,5,7,9-10H2,1-3H3,(H,17,18,19)/t16-/m0/s1. The third kappa shape index (κ3) is 3.55. The number of aliphatic hydroxyl groups is 1. The number of nitrogens with zero attached hydrogens (tertiary/aromatic N) is 6. The van der Waals surface area contributed by atoms with Gasteiger partial charge in [-0.2, -0.15) is 5.10 Å². The van der Waals surface area contributed by atoms with Crippen LogP contribution in [0.15, 0.2) is 24.7 Å². The van der Waals surface area contributed by atoms with Gasteiger partial charge in [0.2, 0.25) is 0 Å². The quantitative estimate of drug-likeness (QED) is 0.785. The van der Waals surface area contributed by atoms with E-state index in [4.69, 9.17) is 0 Å². The van der Waals surface area contributed by atoms with E-state index in [1.165, 1.54) is 11.0 Å². The molecule has 1 saturated heterocycles. The number of aromatic nitrogens is 4. The second-order valence-corrected chi connectivity index (χ2v) is 6.41. The highest BCUT2D eigenvalue weighted by atomic mass is 16.3. The zero-order valence-electron chi connectivity index (χ0n) is 14.7. The summed E-state index contributed by atoms with van der Waals surface area (Å²) in [5.74, 6) is 1.33. The van der Waals surface area contributed by atoms with E-state index in [2.05, 4.69) is 20.4 Å². The number of aryl methyl sites for hydroxylation is 1. The fourth-order valence-corrected chi connectivity index (χ4v) is 3.13. The first-order valence-electron chi connectivity index (χ1n) is 8.12. The Bertz CT molecular complexity index is 762. The Labute approximate surface area is 146 Å². The van der Waals surface area contributed by atoms with E-state index < -0.39 is 5.60 Å². The molecule has 25 heavy (non-hydrogen) atoms. The number of hydrogen-bond donors (Lipinski definition) is 2. The zero-order valence-corrected chi connectivity index (χ0v) is 14.7. The van der Waals surface area contributed by atoms with Crippen molar-refractivity contribution in [1.29, 1.82) is 0 Å². The average molecular weight is 345 g/mol. The molecule has 1 amide bonds. The van der Waals surface area contributed by atoms with Crippen molar-refractivity contribution in [3.8, 4) is 0 Å². The normalized spacial score (nSPS) is 19.9. The monoisotopic (exact) mass is 345 g/mol. The molecule has 2 aromatic heterocycles. The first-order chi connectivity index (χ1) is 11.9. The van der Waals surface area contributed by atoms with Crippen LogP contribution < -0.4 is 10.2 Å². The molecule has 9 heteroatoms. The maximum absolute atomic E-state index is 12.5. The van der Waals surface area contributed by atoms with Gasteiger partial charge >= 0.3 is 0 Å². The topological polar surface area (TPSA) is 99.4 Å². The van der Waals surface area contributed by atoms with Gasteiger partial charge in [0.05, 0.1) is 6.54 Å². The third-order valence-corrected chi connectivity index (χ3v) is 4.48.